The molecule has 2 N–H and O–H groups in total. The first kappa shape index (κ1) is 13.2. The van der Waals surface area contributed by atoms with Crippen LogP contribution < -0.4 is 15.2 Å². The molecule has 5 heteroatoms. The predicted octanol–water partition coefficient (Wildman–Crippen LogP) is 1.47. The van der Waals surface area contributed by atoms with Gasteiger partial charge in [0.05, 0.1) is 6.04 Å². The van der Waals surface area contributed by atoms with Crippen LogP contribution in [0.15, 0.2) is 18.2 Å². The van der Waals surface area contributed by atoms with E-state index in [2.05, 4.69) is 0 Å². The number of ether oxygens (including phenoxy) is 2. The van der Waals surface area contributed by atoms with Gasteiger partial charge in [0.15, 0.2) is 11.5 Å². The predicted molar refractivity (Wildman–Crippen MR) is 74.8 cm³/mol. The third-order valence-electron chi connectivity index (χ3n) is 4.00. The third kappa shape index (κ3) is 2.22. The lowest BCUT2D eigenvalue weighted by molar-refractivity contribution is -0.137. The molecular formula is C15H20N2O3. The van der Waals surface area contributed by atoms with E-state index in [4.69, 9.17) is 15.2 Å². The maximum absolute atomic E-state index is 12.1. The first-order valence-corrected chi connectivity index (χ1v) is 7.15. The maximum atomic E-state index is 12.1. The number of nitrogens with two attached hydrogens (primary N) is 1. The molecule has 1 saturated heterocycles. The Kier molecular flexibility index (Phi) is 3.53. The SMILES string of the molecule is CCN1C(=O)CCC(N)C1c1ccc2c(c1)OCCO2. The minimum absolute atomic E-state index is 0.0322. The number of rotatable bonds is 2. The Morgan fingerprint density at radius 1 is 1.30 bits per heavy atom. The molecule has 108 valence electrons. The number of piperidine rings is 1. The molecule has 0 aromatic heterocycles. The van der Waals surface area contributed by atoms with Gasteiger partial charge < -0.3 is 20.1 Å². The van der Waals surface area contributed by atoms with E-state index < -0.39 is 0 Å². The highest BCUT2D eigenvalue weighted by atomic mass is 16.6. The molecule has 1 aromatic rings. The zero-order valence-corrected chi connectivity index (χ0v) is 11.7. The highest BCUT2D eigenvalue weighted by molar-refractivity contribution is 5.78. The second kappa shape index (κ2) is 5.32. The van der Waals surface area contributed by atoms with Gasteiger partial charge in [0.2, 0.25) is 5.91 Å². The molecule has 0 spiro atoms. The first-order chi connectivity index (χ1) is 9.70. The van der Waals surface area contributed by atoms with Gasteiger partial charge in [-0.3, -0.25) is 4.79 Å². The molecule has 2 aliphatic heterocycles. The number of benzene rings is 1. The summed E-state index contributed by atoms with van der Waals surface area (Å²) < 4.78 is 11.1. The summed E-state index contributed by atoms with van der Waals surface area (Å²) in [5.74, 6) is 1.68. The van der Waals surface area contributed by atoms with Gasteiger partial charge in [-0.05, 0) is 31.0 Å². The van der Waals surface area contributed by atoms with Gasteiger partial charge in [-0.1, -0.05) is 6.07 Å². The molecule has 0 radical (unpaired) electrons. The zero-order chi connectivity index (χ0) is 14.1. The molecule has 1 amide bonds. The average Bonchev–Trinajstić information content (AvgIpc) is 2.48. The quantitative estimate of drug-likeness (QED) is 0.888. The van der Waals surface area contributed by atoms with Gasteiger partial charge in [-0.15, -0.1) is 0 Å². The van der Waals surface area contributed by atoms with Crippen molar-refractivity contribution >= 4 is 5.91 Å². The molecule has 2 aliphatic rings. The zero-order valence-electron chi connectivity index (χ0n) is 11.7. The summed E-state index contributed by atoms with van der Waals surface area (Å²) in [6, 6.07) is 5.75. The molecule has 2 unspecified atom stereocenters. The summed E-state index contributed by atoms with van der Waals surface area (Å²) in [5, 5.41) is 0. The molecule has 2 atom stereocenters. The summed E-state index contributed by atoms with van der Waals surface area (Å²) in [7, 11) is 0. The molecular weight excluding hydrogens is 256 g/mol. The van der Waals surface area contributed by atoms with Crippen LogP contribution in [0.1, 0.15) is 31.4 Å². The molecule has 1 fully saturated rings. The summed E-state index contributed by atoms with van der Waals surface area (Å²) in [4.78, 5) is 13.9. The number of hydrogen-bond acceptors (Lipinski definition) is 4. The van der Waals surface area contributed by atoms with Crippen molar-refractivity contribution in [1.29, 1.82) is 0 Å². The van der Waals surface area contributed by atoms with Gasteiger partial charge in [-0.25, -0.2) is 0 Å². The number of hydrogen-bond donors (Lipinski definition) is 1. The van der Waals surface area contributed by atoms with Gasteiger partial charge in [0, 0.05) is 19.0 Å². The monoisotopic (exact) mass is 276 g/mol. The number of carbonyl (C=O) groups excluding carboxylic acids is 1. The normalized spacial score (nSPS) is 25.7. The second-order valence-electron chi connectivity index (χ2n) is 5.23. The van der Waals surface area contributed by atoms with Gasteiger partial charge in [0.25, 0.3) is 0 Å². The Bertz CT molecular complexity index is 518. The number of amides is 1. The Balaban J connectivity index is 1.95. The average molecular weight is 276 g/mol. The highest BCUT2D eigenvalue weighted by Crippen LogP contribution is 2.37. The van der Waals surface area contributed by atoms with E-state index in [9.17, 15) is 4.79 Å². The van der Waals surface area contributed by atoms with Crippen LogP contribution >= 0.6 is 0 Å². The van der Waals surface area contributed by atoms with Crippen molar-refractivity contribution in [2.75, 3.05) is 19.8 Å². The van der Waals surface area contributed by atoms with Crippen LogP contribution in [-0.2, 0) is 4.79 Å². The van der Waals surface area contributed by atoms with Crippen LogP contribution in [0.5, 0.6) is 11.5 Å². The van der Waals surface area contributed by atoms with E-state index in [1.54, 1.807) is 0 Å². The fourth-order valence-electron chi connectivity index (χ4n) is 3.02. The topological polar surface area (TPSA) is 64.8 Å². The van der Waals surface area contributed by atoms with Crippen molar-refractivity contribution in [1.82, 2.24) is 4.90 Å². The summed E-state index contributed by atoms with van der Waals surface area (Å²) in [5.41, 5.74) is 7.27. The van der Waals surface area contributed by atoms with E-state index >= 15 is 0 Å². The van der Waals surface area contributed by atoms with Crippen molar-refractivity contribution in [3.8, 4) is 11.5 Å². The van der Waals surface area contributed by atoms with E-state index in [0.29, 0.717) is 26.2 Å². The number of likely N-dealkylation sites (tertiary alicyclic amines) is 1. The molecule has 1 aromatic carbocycles. The smallest absolute Gasteiger partial charge is 0.223 e. The lowest BCUT2D eigenvalue weighted by Gasteiger charge is -2.39. The third-order valence-corrected chi connectivity index (χ3v) is 4.00. The maximum Gasteiger partial charge on any atom is 0.223 e. The fourth-order valence-corrected chi connectivity index (χ4v) is 3.02. The summed E-state index contributed by atoms with van der Waals surface area (Å²) in [6.45, 7) is 3.80. The molecule has 0 aliphatic carbocycles. The molecule has 0 saturated carbocycles. The molecule has 3 rings (SSSR count). The largest absolute Gasteiger partial charge is 0.486 e. The second-order valence-corrected chi connectivity index (χ2v) is 5.23. The Labute approximate surface area is 118 Å². The fraction of sp³-hybridized carbons (Fsp3) is 0.533. The van der Waals surface area contributed by atoms with Crippen LogP contribution in [0.2, 0.25) is 0 Å². The lowest BCUT2D eigenvalue weighted by Crippen LogP contribution is -2.48. The van der Waals surface area contributed by atoms with E-state index in [0.717, 1.165) is 23.5 Å². The van der Waals surface area contributed by atoms with Crippen LogP contribution in [0.25, 0.3) is 0 Å². The molecule has 2 heterocycles. The van der Waals surface area contributed by atoms with Crippen LogP contribution in [0.3, 0.4) is 0 Å². The number of likely N-dealkylation sites (N-methyl/N-ethyl adjacent to an activating group) is 1. The Morgan fingerprint density at radius 3 is 2.80 bits per heavy atom. The van der Waals surface area contributed by atoms with Crippen molar-refractivity contribution < 1.29 is 14.3 Å². The van der Waals surface area contributed by atoms with Gasteiger partial charge >= 0.3 is 0 Å². The standard InChI is InChI=1S/C15H20N2O3/c1-2-17-14(18)6-4-11(16)15(17)10-3-5-12-13(9-10)20-8-7-19-12/h3,5,9,11,15H,2,4,6-8,16H2,1H3. The van der Waals surface area contributed by atoms with E-state index in [-0.39, 0.29) is 18.0 Å². The molecule has 20 heavy (non-hydrogen) atoms. The number of carbonyl (C=O) groups is 1. The van der Waals surface area contributed by atoms with Crippen LogP contribution in [0, 0.1) is 0 Å². The van der Waals surface area contributed by atoms with Crippen LogP contribution in [-0.4, -0.2) is 36.6 Å². The Hall–Kier alpha value is -1.75. The number of fused-ring (bicyclic) bond motifs is 1. The molecule has 5 nitrogen and oxygen atoms in total. The van der Waals surface area contributed by atoms with Crippen molar-refractivity contribution in [3.63, 3.8) is 0 Å². The van der Waals surface area contributed by atoms with Crippen LogP contribution in [0.4, 0.5) is 0 Å². The lowest BCUT2D eigenvalue weighted by atomic mass is 9.90. The van der Waals surface area contributed by atoms with Crippen molar-refractivity contribution in [2.45, 2.75) is 31.8 Å². The number of nitrogens with zero attached hydrogens (tertiary/aromatic N) is 1. The van der Waals surface area contributed by atoms with Crippen molar-refractivity contribution in [3.05, 3.63) is 23.8 Å². The Morgan fingerprint density at radius 2 is 2.05 bits per heavy atom. The summed E-state index contributed by atoms with van der Waals surface area (Å²) in [6.07, 6.45) is 1.27. The van der Waals surface area contributed by atoms with Crippen molar-refractivity contribution in [2.24, 2.45) is 5.73 Å². The first-order valence-electron chi connectivity index (χ1n) is 7.15. The van der Waals surface area contributed by atoms with Gasteiger partial charge in [-0.2, -0.15) is 0 Å². The highest BCUT2D eigenvalue weighted by Gasteiger charge is 2.34. The van der Waals surface area contributed by atoms with E-state index in [1.165, 1.54) is 0 Å². The molecule has 0 bridgehead atoms. The summed E-state index contributed by atoms with van der Waals surface area (Å²) >= 11 is 0. The minimum Gasteiger partial charge on any atom is -0.486 e. The van der Waals surface area contributed by atoms with Gasteiger partial charge in [0.1, 0.15) is 13.2 Å². The van der Waals surface area contributed by atoms with E-state index in [1.807, 2.05) is 30.0 Å². The minimum atomic E-state index is -0.0722.